The van der Waals surface area contributed by atoms with Crippen molar-refractivity contribution in [2.75, 3.05) is 13.1 Å². The monoisotopic (exact) mass is 534 g/mol. The van der Waals surface area contributed by atoms with Gasteiger partial charge in [0.2, 0.25) is 0 Å². The minimum atomic E-state index is -4.42. The van der Waals surface area contributed by atoms with Crippen LogP contribution in [-0.2, 0) is 35.4 Å². The number of aryl methyl sites for hydroxylation is 1. The second kappa shape index (κ2) is 14.3. The number of rotatable bonds is 11. The van der Waals surface area contributed by atoms with Crippen LogP contribution in [0.3, 0.4) is 0 Å². The molecule has 0 spiro atoms. The van der Waals surface area contributed by atoms with E-state index in [9.17, 15) is 18.0 Å². The SMILES string of the molecule is CC.CCc1cc(/C(C)=N/OCc2ccc(C(CC)CC)c(C(F)(F)F)c2)ccc1CN1CC(C(=O)O)C1. The van der Waals surface area contributed by atoms with E-state index in [0.717, 1.165) is 23.1 Å². The van der Waals surface area contributed by atoms with Crippen LogP contribution in [0.25, 0.3) is 0 Å². The zero-order chi connectivity index (χ0) is 28.5. The first kappa shape index (κ1) is 31.3. The smallest absolute Gasteiger partial charge is 0.416 e. The molecule has 0 unspecified atom stereocenters. The lowest BCUT2D eigenvalue weighted by atomic mass is 9.89. The number of oxime groups is 1. The maximum absolute atomic E-state index is 13.7. The Morgan fingerprint density at radius 3 is 2.29 bits per heavy atom. The molecule has 38 heavy (non-hydrogen) atoms. The van der Waals surface area contributed by atoms with Crippen molar-refractivity contribution in [3.8, 4) is 0 Å². The molecule has 2 aromatic carbocycles. The molecule has 0 atom stereocenters. The van der Waals surface area contributed by atoms with E-state index in [2.05, 4.69) is 17.0 Å². The number of alkyl halides is 3. The Hall–Kier alpha value is -2.87. The fourth-order valence-corrected chi connectivity index (χ4v) is 4.71. The molecular formula is C30H41F3N2O3. The molecule has 0 amide bonds. The Kier molecular flexibility index (Phi) is 11.8. The number of nitrogens with zero attached hydrogens (tertiary/aromatic N) is 2. The number of benzene rings is 2. The highest BCUT2D eigenvalue weighted by atomic mass is 19.4. The van der Waals surface area contributed by atoms with E-state index in [1.807, 2.05) is 45.9 Å². The van der Waals surface area contributed by atoms with Gasteiger partial charge >= 0.3 is 12.1 Å². The summed E-state index contributed by atoms with van der Waals surface area (Å²) in [6, 6.07) is 10.4. The molecule has 1 aliphatic rings. The third kappa shape index (κ3) is 8.06. The van der Waals surface area contributed by atoms with E-state index in [1.54, 1.807) is 19.1 Å². The van der Waals surface area contributed by atoms with E-state index in [4.69, 9.17) is 9.94 Å². The lowest BCUT2D eigenvalue weighted by molar-refractivity contribution is -0.147. The number of aliphatic carboxylic acids is 1. The zero-order valence-corrected chi connectivity index (χ0v) is 23.4. The number of carbonyl (C=O) groups is 1. The molecule has 8 heteroatoms. The predicted molar refractivity (Wildman–Crippen MR) is 145 cm³/mol. The van der Waals surface area contributed by atoms with Crippen molar-refractivity contribution in [1.29, 1.82) is 0 Å². The van der Waals surface area contributed by atoms with E-state index >= 15 is 0 Å². The number of halogens is 3. The molecule has 1 fully saturated rings. The molecular weight excluding hydrogens is 493 g/mol. The van der Waals surface area contributed by atoms with Crippen LogP contribution >= 0.6 is 0 Å². The Balaban J connectivity index is 0.00000247. The fraction of sp³-hybridized carbons (Fsp3) is 0.533. The Bertz CT molecular complexity index is 1090. The van der Waals surface area contributed by atoms with Crippen LogP contribution in [0.4, 0.5) is 13.2 Å². The minimum Gasteiger partial charge on any atom is -0.481 e. The molecule has 0 aliphatic carbocycles. The van der Waals surface area contributed by atoms with Crippen LogP contribution in [0.1, 0.15) is 93.7 Å². The molecule has 1 N–H and O–H groups in total. The maximum atomic E-state index is 13.7. The summed E-state index contributed by atoms with van der Waals surface area (Å²) in [7, 11) is 0. The second-order valence-electron chi connectivity index (χ2n) is 9.45. The van der Waals surface area contributed by atoms with Gasteiger partial charge in [-0.05, 0) is 72.1 Å². The van der Waals surface area contributed by atoms with Crippen LogP contribution in [0, 0.1) is 5.92 Å². The highest BCUT2D eigenvalue weighted by Gasteiger charge is 2.35. The molecule has 1 saturated heterocycles. The Morgan fingerprint density at radius 2 is 1.74 bits per heavy atom. The van der Waals surface area contributed by atoms with Gasteiger partial charge in [0, 0.05) is 19.6 Å². The first-order valence-corrected chi connectivity index (χ1v) is 13.5. The molecule has 3 rings (SSSR count). The van der Waals surface area contributed by atoms with E-state index in [-0.39, 0.29) is 18.4 Å². The average molecular weight is 535 g/mol. The second-order valence-corrected chi connectivity index (χ2v) is 9.45. The standard InChI is InChI=1S/C28H35F3N2O3.C2H6/c1-5-20(6-2)25-11-8-19(12-26(25)28(29,30)31)17-36-32-18(4)22-9-10-23(21(7-3)13-22)14-33-15-24(16-33)27(34)35;1-2/h8-13,20,24H,5-7,14-17H2,1-4H3,(H,34,35);1-2H3/b32-18+;. The van der Waals surface area contributed by atoms with Crippen LogP contribution in [0.5, 0.6) is 0 Å². The maximum Gasteiger partial charge on any atom is 0.416 e. The quantitative estimate of drug-likeness (QED) is 0.238. The van der Waals surface area contributed by atoms with Gasteiger partial charge in [-0.3, -0.25) is 9.69 Å². The zero-order valence-electron chi connectivity index (χ0n) is 23.4. The molecule has 0 saturated carbocycles. The van der Waals surface area contributed by atoms with Crippen molar-refractivity contribution < 1.29 is 27.9 Å². The van der Waals surface area contributed by atoms with Crippen LogP contribution in [0.15, 0.2) is 41.6 Å². The summed E-state index contributed by atoms with van der Waals surface area (Å²) in [6.45, 7) is 13.4. The molecule has 0 bridgehead atoms. The first-order valence-electron chi connectivity index (χ1n) is 13.5. The van der Waals surface area contributed by atoms with Crippen LogP contribution in [0.2, 0.25) is 0 Å². The molecule has 5 nitrogen and oxygen atoms in total. The van der Waals surface area contributed by atoms with Gasteiger partial charge in [-0.2, -0.15) is 13.2 Å². The third-order valence-corrected chi connectivity index (χ3v) is 6.99. The molecule has 0 aromatic heterocycles. The van der Waals surface area contributed by atoms with Gasteiger partial charge < -0.3 is 9.94 Å². The van der Waals surface area contributed by atoms with Crippen molar-refractivity contribution in [2.45, 2.75) is 86.1 Å². The van der Waals surface area contributed by atoms with E-state index < -0.39 is 17.7 Å². The fourth-order valence-electron chi connectivity index (χ4n) is 4.71. The van der Waals surface area contributed by atoms with Crippen LogP contribution < -0.4 is 0 Å². The van der Waals surface area contributed by atoms with Gasteiger partial charge in [-0.25, -0.2) is 0 Å². The average Bonchev–Trinajstić information content (AvgIpc) is 2.87. The number of carboxylic acid groups (broad SMARTS) is 1. The summed E-state index contributed by atoms with van der Waals surface area (Å²) in [5, 5.41) is 13.2. The summed E-state index contributed by atoms with van der Waals surface area (Å²) in [5.74, 6) is -1.17. The predicted octanol–water partition coefficient (Wildman–Crippen LogP) is 7.65. The van der Waals surface area contributed by atoms with Gasteiger partial charge in [-0.1, -0.05) is 64.0 Å². The van der Waals surface area contributed by atoms with E-state index in [0.29, 0.717) is 49.3 Å². The molecule has 210 valence electrons. The van der Waals surface area contributed by atoms with Crippen molar-refractivity contribution in [3.05, 3.63) is 69.8 Å². The van der Waals surface area contributed by atoms with Crippen molar-refractivity contribution >= 4 is 11.7 Å². The normalized spacial score (nSPS) is 14.6. The summed E-state index contributed by atoms with van der Waals surface area (Å²) >= 11 is 0. The first-order chi connectivity index (χ1) is 18.1. The summed E-state index contributed by atoms with van der Waals surface area (Å²) < 4.78 is 41.1. The lowest BCUT2D eigenvalue weighted by Gasteiger charge is -2.37. The summed E-state index contributed by atoms with van der Waals surface area (Å²) in [6.07, 6.45) is -2.30. The van der Waals surface area contributed by atoms with Crippen molar-refractivity contribution in [2.24, 2.45) is 11.1 Å². The van der Waals surface area contributed by atoms with Gasteiger partial charge in [0.1, 0.15) is 6.61 Å². The van der Waals surface area contributed by atoms with E-state index in [1.165, 1.54) is 6.07 Å². The summed E-state index contributed by atoms with van der Waals surface area (Å²) in [4.78, 5) is 18.6. The Morgan fingerprint density at radius 1 is 1.08 bits per heavy atom. The topological polar surface area (TPSA) is 62.1 Å². The highest BCUT2D eigenvalue weighted by Crippen LogP contribution is 2.38. The molecule has 1 aliphatic heterocycles. The van der Waals surface area contributed by atoms with Gasteiger partial charge in [0.25, 0.3) is 0 Å². The Labute approximate surface area is 224 Å². The van der Waals surface area contributed by atoms with Gasteiger partial charge in [-0.15, -0.1) is 0 Å². The molecule has 1 heterocycles. The number of hydrogen-bond acceptors (Lipinski definition) is 4. The summed E-state index contributed by atoms with van der Waals surface area (Å²) in [5.41, 5.74) is 3.97. The number of likely N-dealkylation sites (tertiary alicyclic amines) is 1. The van der Waals surface area contributed by atoms with Crippen molar-refractivity contribution in [1.82, 2.24) is 4.90 Å². The number of carboxylic acids is 1. The van der Waals surface area contributed by atoms with Crippen molar-refractivity contribution in [3.63, 3.8) is 0 Å². The lowest BCUT2D eigenvalue weighted by Crippen LogP contribution is -2.49. The highest BCUT2D eigenvalue weighted by molar-refractivity contribution is 5.98. The van der Waals surface area contributed by atoms with Gasteiger partial charge in [0.15, 0.2) is 0 Å². The molecule has 2 aromatic rings. The largest absolute Gasteiger partial charge is 0.481 e. The number of hydrogen-bond donors (Lipinski definition) is 1. The minimum absolute atomic E-state index is 0.0535. The molecule has 0 radical (unpaired) electrons. The third-order valence-electron chi connectivity index (χ3n) is 6.99. The van der Waals surface area contributed by atoms with Gasteiger partial charge in [0.05, 0.1) is 17.2 Å². The van der Waals surface area contributed by atoms with Crippen LogP contribution in [-0.4, -0.2) is 34.8 Å².